The number of hydrogen-bond acceptors (Lipinski definition) is 1. The summed E-state index contributed by atoms with van der Waals surface area (Å²) in [6, 6.07) is 0. The molecule has 2 aliphatic rings. The molecule has 1 heteroatoms. The first-order chi connectivity index (χ1) is 5.97. The van der Waals surface area contributed by atoms with E-state index in [9.17, 15) is 0 Å². The molecule has 0 aromatic rings. The van der Waals surface area contributed by atoms with Gasteiger partial charge in [0.25, 0.3) is 0 Å². The fourth-order valence-electron chi connectivity index (χ4n) is 2.67. The molecule has 1 nitrogen and oxygen atoms in total. The normalized spacial score (nSPS) is 29.0. The van der Waals surface area contributed by atoms with Crippen LogP contribution < -0.4 is 5.32 Å². The monoisotopic (exact) mass is 166 g/mol. The van der Waals surface area contributed by atoms with Crippen molar-refractivity contribution in [2.75, 3.05) is 13.1 Å². The van der Waals surface area contributed by atoms with Crippen LogP contribution in [0.1, 0.15) is 44.9 Å². The molecule has 69 valence electrons. The first-order valence-corrected chi connectivity index (χ1v) is 5.52. The predicted molar refractivity (Wildman–Crippen MR) is 51.9 cm³/mol. The second kappa shape index (κ2) is 4.27. The summed E-state index contributed by atoms with van der Waals surface area (Å²) >= 11 is 0. The summed E-state index contributed by atoms with van der Waals surface area (Å²) in [4.78, 5) is 0. The van der Waals surface area contributed by atoms with Crippen molar-refractivity contribution >= 4 is 0 Å². The second-order valence-corrected chi connectivity index (χ2v) is 4.24. The van der Waals surface area contributed by atoms with E-state index in [0.29, 0.717) is 0 Å². The van der Waals surface area contributed by atoms with E-state index in [-0.39, 0.29) is 0 Å². The summed E-state index contributed by atoms with van der Waals surface area (Å²) < 4.78 is 0. The molecule has 1 saturated carbocycles. The second-order valence-electron chi connectivity index (χ2n) is 4.24. The molecule has 0 aromatic carbocycles. The maximum atomic E-state index is 3.43. The third-order valence-electron chi connectivity index (χ3n) is 3.43. The molecule has 0 bridgehead atoms. The van der Waals surface area contributed by atoms with Gasteiger partial charge in [0.05, 0.1) is 0 Å². The van der Waals surface area contributed by atoms with Crippen LogP contribution >= 0.6 is 0 Å². The zero-order valence-electron chi connectivity index (χ0n) is 7.94. The van der Waals surface area contributed by atoms with Crippen molar-refractivity contribution in [2.45, 2.75) is 44.9 Å². The topological polar surface area (TPSA) is 12.0 Å². The van der Waals surface area contributed by atoms with Crippen LogP contribution in [-0.2, 0) is 0 Å². The summed E-state index contributed by atoms with van der Waals surface area (Å²) in [7, 11) is 0. The summed E-state index contributed by atoms with van der Waals surface area (Å²) in [5.41, 5.74) is 0. The van der Waals surface area contributed by atoms with Gasteiger partial charge in [0.15, 0.2) is 0 Å². The van der Waals surface area contributed by atoms with Crippen LogP contribution in [0.2, 0.25) is 0 Å². The van der Waals surface area contributed by atoms with Gasteiger partial charge in [-0.2, -0.15) is 0 Å². The molecule has 12 heavy (non-hydrogen) atoms. The molecular weight excluding hydrogens is 146 g/mol. The molecule has 1 radical (unpaired) electrons. The van der Waals surface area contributed by atoms with E-state index in [2.05, 4.69) is 5.32 Å². The highest BCUT2D eigenvalue weighted by atomic mass is 14.9. The van der Waals surface area contributed by atoms with Gasteiger partial charge in [-0.1, -0.05) is 19.3 Å². The molecule has 1 aliphatic carbocycles. The van der Waals surface area contributed by atoms with E-state index < -0.39 is 0 Å². The van der Waals surface area contributed by atoms with Gasteiger partial charge in [0.1, 0.15) is 0 Å². The lowest BCUT2D eigenvalue weighted by atomic mass is 9.76. The van der Waals surface area contributed by atoms with Gasteiger partial charge < -0.3 is 5.32 Å². The number of rotatable bonds is 1. The molecule has 0 unspecified atom stereocenters. The molecule has 0 spiro atoms. The van der Waals surface area contributed by atoms with Crippen molar-refractivity contribution in [2.24, 2.45) is 5.92 Å². The van der Waals surface area contributed by atoms with E-state index in [1.54, 1.807) is 0 Å². The minimum Gasteiger partial charge on any atom is -0.317 e. The number of hydrogen-bond donors (Lipinski definition) is 1. The summed E-state index contributed by atoms with van der Waals surface area (Å²) in [5.74, 6) is 2.90. The first kappa shape index (κ1) is 8.55. The molecule has 0 aromatic heterocycles. The Morgan fingerprint density at radius 2 is 1.58 bits per heavy atom. The fourth-order valence-corrected chi connectivity index (χ4v) is 2.67. The Kier molecular flexibility index (Phi) is 3.04. The van der Waals surface area contributed by atoms with E-state index in [0.717, 1.165) is 5.92 Å². The van der Waals surface area contributed by atoms with Gasteiger partial charge in [-0.15, -0.1) is 0 Å². The van der Waals surface area contributed by atoms with Crippen molar-refractivity contribution in [1.82, 2.24) is 5.32 Å². The zero-order valence-corrected chi connectivity index (χ0v) is 7.94. The van der Waals surface area contributed by atoms with Crippen molar-refractivity contribution in [3.05, 3.63) is 5.92 Å². The Hall–Kier alpha value is -0.0400. The molecule has 2 fully saturated rings. The molecule has 2 rings (SSSR count). The average Bonchev–Trinajstić information content (AvgIpc) is 2.21. The highest BCUT2D eigenvalue weighted by Crippen LogP contribution is 2.35. The molecule has 1 heterocycles. The Morgan fingerprint density at radius 1 is 0.917 bits per heavy atom. The Morgan fingerprint density at radius 3 is 2.25 bits per heavy atom. The molecular formula is C11H20N. The van der Waals surface area contributed by atoms with E-state index >= 15 is 0 Å². The molecule has 1 aliphatic heterocycles. The van der Waals surface area contributed by atoms with E-state index in [4.69, 9.17) is 0 Å². The SMILES string of the molecule is C1CCC([C]2CCNCC2)CC1. The summed E-state index contributed by atoms with van der Waals surface area (Å²) in [5, 5.41) is 3.43. The lowest BCUT2D eigenvalue weighted by molar-refractivity contribution is 0.328. The third-order valence-corrected chi connectivity index (χ3v) is 3.43. The standard InChI is InChI=1S/C11H20N/c1-2-4-10(5-3-1)11-6-8-12-9-7-11/h10,12H,1-9H2. The molecule has 0 atom stereocenters. The Balaban J connectivity index is 1.80. The van der Waals surface area contributed by atoms with Gasteiger partial charge in [0, 0.05) is 0 Å². The van der Waals surface area contributed by atoms with Crippen molar-refractivity contribution in [3.63, 3.8) is 0 Å². The predicted octanol–water partition coefficient (Wildman–Crippen LogP) is 2.52. The highest BCUT2D eigenvalue weighted by Gasteiger charge is 2.24. The molecule has 0 amide bonds. The largest absolute Gasteiger partial charge is 0.317 e. The van der Waals surface area contributed by atoms with Crippen LogP contribution in [0.25, 0.3) is 0 Å². The number of nitrogens with one attached hydrogen (secondary N) is 1. The Bertz CT molecular complexity index is 105. The van der Waals surface area contributed by atoms with Gasteiger partial charge in [-0.05, 0) is 50.6 Å². The summed E-state index contributed by atoms with van der Waals surface area (Å²) in [6.07, 6.45) is 10.2. The minimum atomic E-state index is 1.01. The highest BCUT2D eigenvalue weighted by molar-refractivity contribution is 5.00. The van der Waals surface area contributed by atoms with Crippen molar-refractivity contribution in [3.8, 4) is 0 Å². The zero-order chi connectivity index (χ0) is 8.23. The van der Waals surface area contributed by atoms with E-state index in [1.165, 1.54) is 58.0 Å². The van der Waals surface area contributed by atoms with Crippen LogP contribution in [0.4, 0.5) is 0 Å². The van der Waals surface area contributed by atoms with Crippen LogP contribution in [0, 0.1) is 11.8 Å². The molecule has 1 saturated heterocycles. The average molecular weight is 166 g/mol. The maximum absolute atomic E-state index is 3.43. The maximum Gasteiger partial charge on any atom is -0.00433 e. The van der Waals surface area contributed by atoms with Gasteiger partial charge >= 0.3 is 0 Å². The van der Waals surface area contributed by atoms with Crippen LogP contribution in [0.5, 0.6) is 0 Å². The first-order valence-electron chi connectivity index (χ1n) is 5.52. The van der Waals surface area contributed by atoms with Crippen molar-refractivity contribution in [1.29, 1.82) is 0 Å². The lowest BCUT2D eigenvalue weighted by Gasteiger charge is -2.32. The minimum absolute atomic E-state index is 1.01. The fraction of sp³-hybridized carbons (Fsp3) is 0.909. The molecule has 1 N–H and O–H groups in total. The number of piperidine rings is 1. The third kappa shape index (κ3) is 2.01. The van der Waals surface area contributed by atoms with Crippen LogP contribution in [0.15, 0.2) is 0 Å². The summed E-state index contributed by atoms with van der Waals surface area (Å²) in [6.45, 7) is 2.48. The van der Waals surface area contributed by atoms with E-state index in [1.807, 2.05) is 5.92 Å². The van der Waals surface area contributed by atoms with Crippen LogP contribution in [0.3, 0.4) is 0 Å². The van der Waals surface area contributed by atoms with Crippen LogP contribution in [-0.4, -0.2) is 13.1 Å². The van der Waals surface area contributed by atoms with Gasteiger partial charge in [0.2, 0.25) is 0 Å². The quantitative estimate of drug-likeness (QED) is 0.631. The smallest absolute Gasteiger partial charge is 0.00433 e. The van der Waals surface area contributed by atoms with Gasteiger partial charge in [-0.25, -0.2) is 0 Å². The van der Waals surface area contributed by atoms with Gasteiger partial charge in [-0.3, -0.25) is 0 Å². The lowest BCUT2D eigenvalue weighted by Crippen LogP contribution is -2.31. The van der Waals surface area contributed by atoms with Crippen molar-refractivity contribution < 1.29 is 0 Å². The Labute approximate surface area is 75.9 Å².